The number of carbonyl (C=O) groups excluding carboxylic acids is 4. The Bertz CT molecular complexity index is 825. The molecule has 0 N–H and O–H groups in total. The van der Waals surface area contributed by atoms with Crippen molar-refractivity contribution < 1.29 is 28.7 Å². The highest BCUT2D eigenvalue weighted by Gasteiger charge is 2.67. The molecule has 0 saturated heterocycles. The average Bonchev–Trinajstić information content (AvgIpc) is 3.08. The number of ketones is 2. The van der Waals surface area contributed by atoms with Crippen molar-refractivity contribution in [2.45, 2.75) is 83.6 Å². The maximum atomic E-state index is 13.9. The van der Waals surface area contributed by atoms with E-state index in [0.717, 1.165) is 44.9 Å². The highest BCUT2D eigenvalue weighted by atomic mass is 79.9. The Kier molecular flexibility index (Phi) is 6.36. The molecule has 9 atom stereocenters. The highest BCUT2D eigenvalue weighted by Crippen LogP contribution is 2.67. The summed E-state index contributed by atoms with van der Waals surface area (Å²) in [7, 11) is 0. The van der Waals surface area contributed by atoms with Gasteiger partial charge in [0.05, 0.1) is 4.83 Å². The van der Waals surface area contributed by atoms with Crippen molar-refractivity contribution >= 4 is 39.4 Å². The average molecular weight is 511 g/mol. The Morgan fingerprint density at radius 2 is 1.75 bits per heavy atom. The quantitative estimate of drug-likeness (QED) is 0.414. The van der Waals surface area contributed by atoms with Crippen LogP contribution in [0.4, 0.5) is 0 Å². The molecule has 0 amide bonds. The first-order valence-corrected chi connectivity index (χ1v) is 12.9. The molecule has 4 rings (SSSR count). The zero-order chi connectivity index (χ0) is 23.4. The molecule has 4 aliphatic carbocycles. The minimum atomic E-state index is -0.455. The van der Waals surface area contributed by atoms with Crippen molar-refractivity contribution in [3.8, 4) is 0 Å². The number of fused-ring (bicyclic) bond motifs is 5. The van der Waals surface area contributed by atoms with E-state index in [4.69, 9.17) is 9.47 Å². The lowest BCUT2D eigenvalue weighted by Gasteiger charge is -2.61. The second-order valence-electron chi connectivity index (χ2n) is 11.0. The van der Waals surface area contributed by atoms with E-state index >= 15 is 0 Å². The lowest BCUT2D eigenvalue weighted by atomic mass is 9.44. The second kappa shape index (κ2) is 8.52. The van der Waals surface area contributed by atoms with Crippen LogP contribution in [0.15, 0.2) is 0 Å². The number of ether oxygens (including phenoxy) is 2. The van der Waals surface area contributed by atoms with Gasteiger partial charge in [-0.15, -0.1) is 0 Å². The van der Waals surface area contributed by atoms with Crippen molar-refractivity contribution in [3.63, 3.8) is 0 Å². The normalized spacial score (nSPS) is 45.3. The smallest absolute Gasteiger partial charge is 0.303 e. The fourth-order valence-corrected chi connectivity index (χ4v) is 9.05. The number of alkyl halides is 1. The van der Waals surface area contributed by atoms with E-state index in [1.165, 1.54) is 13.8 Å². The van der Waals surface area contributed by atoms with E-state index in [2.05, 4.69) is 29.8 Å². The molecule has 4 aliphatic rings. The predicted molar refractivity (Wildman–Crippen MR) is 121 cm³/mol. The monoisotopic (exact) mass is 510 g/mol. The summed E-state index contributed by atoms with van der Waals surface area (Å²) < 4.78 is 10.5. The van der Waals surface area contributed by atoms with E-state index < -0.39 is 11.4 Å². The Hall–Kier alpha value is -1.24. The van der Waals surface area contributed by atoms with Gasteiger partial charge < -0.3 is 9.47 Å². The summed E-state index contributed by atoms with van der Waals surface area (Å²) in [5, 5.41) is 0. The molecule has 0 aromatic rings. The van der Waals surface area contributed by atoms with Gasteiger partial charge in [-0.1, -0.05) is 29.8 Å². The fourth-order valence-electron chi connectivity index (χ4n) is 8.11. The van der Waals surface area contributed by atoms with Crippen LogP contribution in [0, 0.1) is 40.4 Å². The summed E-state index contributed by atoms with van der Waals surface area (Å²) in [6, 6.07) is 0. The molecule has 32 heavy (non-hydrogen) atoms. The third-order valence-electron chi connectivity index (χ3n) is 9.55. The van der Waals surface area contributed by atoms with E-state index in [1.54, 1.807) is 0 Å². The highest BCUT2D eigenvalue weighted by molar-refractivity contribution is 9.10. The van der Waals surface area contributed by atoms with Crippen molar-refractivity contribution in [1.82, 2.24) is 0 Å². The molecule has 0 spiro atoms. The van der Waals surface area contributed by atoms with Crippen LogP contribution in [0.3, 0.4) is 0 Å². The summed E-state index contributed by atoms with van der Waals surface area (Å²) in [6.07, 6.45) is 6.19. The second-order valence-corrected chi connectivity index (χ2v) is 12.0. The fraction of sp³-hybridized carbons (Fsp3) is 0.840. The van der Waals surface area contributed by atoms with E-state index in [-0.39, 0.29) is 58.2 Å². The van der Waals surface area contributed by atoms with Gasteiger partial charge in [-0.25, -0.2) is 0 Å². The van der Waals surface area contributed by atoms with E-state index in [1.807, 2.05) is 0 Å². The summed E-state index contributed by atoms with van der Waals surface area (Å²) >= 11 is 3.77. The van der Waals surface area contributed by atoms with Crippen LogP contribution in [0.25, 0.3) is 0 Å². The van der Waals surface area contributed by atoms with Gasteiger partial charge in [0.2, 0.25) is 0 Å². The molecule has 7 heteroatoms. The number of rotatable bonds is 4. The Balaban J connectivity index is 1.58. The van der Waals surface area contributed by atoms with Crippen molar-refractivity contribution in [2.75, 3.05) is 6.61 Å². The zero-order valence-corrected chi connectivity index (χ0v) is 21.1. The largest absolute Gasteiger partial charge is 0.463 e. The van der Waals surface area contributed by atoms with Gasteiger partial charge in [0.1, 0.15) is 12.7 Å². The molecule has 0 unspecified atom stereocenters. The van der Waals surface area contributed by atoms with Crippen LogP contribution in [-0.2, 0) is 28.7 Å². The predicted octanol–water partition coefficient (Wildman–Crippen LogP) is 4.26. The summed E-state index contributed by atoms with van der Waals surface area (Å²) in [5.74, 6) is 0.135. The van der Waals surface area contributed by atoms with Gasteiger partial charge in [0.25, 0.3) is 0 Å². The zero-order valence-electron chi connectivity index (χ0n) is 19.5. The molecule has 178 valence electrons. The molecule has 0 aromatic carbocycles. The number of hydrogen-bond acceptors (Lipinski definition) is 6. The topological polar surface area (TPSA) is 86.7 Å². The van der Waals surface area contributed by atoms with Crippen molar-refractivity contribution in [1.29, 1.82) is 0 Å². The van der Waals surface area contributed by atoms with Crippen molar-refractivity contribution in [2.24, 2.45) is 40.4 Å². The Labute approximate surface area is 198 Å². The molecule has 0 heterocycles. The Morgan fingerprint density at radius 1 is 1.03 bits per heavy atom. The lowest BCUT2D eigenvalue weighted by molar-refractivity contribution is -0.169. The first-order valence-electron chi connectivity index (χ1n) is 12.0. The Morgan fingerprint density at radius 3 is 2.41 bits per heavy atom. The number of esters is 2. The summed E-state index contributed by atoms with van der Waals surface area (Å²) in [4.78, 5) is 49.2. The third kappa shape index (κ3) is 3.67. The van der Waals surface area contributed by atoms with E-state index in [9.17, 15) is 19.2 Å². The van der Waals surface area contributed by atoms with E-state index in [0.29, 0.717) is 11.8 Å². The third-order valence-corrected chi connectivity index (χ3v) is 11.0. The molecule has 0 aliphatic heterocycles. The SMILES string of the molecule is CC(=O)OCC(=O)[C@@H]1CC[C@@H]2[C@@H]3CC[C@@H]4C[C@H](OC(C)=O)CC[C@]4(C)[C@H]3C(=O)[C@H](Br)[C@]21C. The molecular weight excluding hydrogens is 476 g/mol. The molecule has 4 saturated carbocycles. The summed E-state index contributed by atoms with van der Waals surface area (Å²) in [5.41, 5.74) is -0.544. The minimum absolute atomic E-state index is 0.0238. The standard InChI is InChI=1S/C25H35BrO6/c1-13(27)31-12-20(29)19-8-7-18-17-6-5-15-11-16(32-14(2)28)9-10-24(15,3)21(17)22(30)23(26)25(18,19)4/h15-19,21,23H,5-12H2,1-4H3/t15-,16-,17+,18-,19+,21-,23+,24+,25-/m1/s1. The molecule has 0 radical (unpaired) electrons. The van der Waals surface area contributed by atoms with Crippen molar-refractivity contribution in [3.05, 3.63) is 0 Å². The maximum absolute atomic E-state index is 13.9. The van der Waals surface area contributed by atoms with Gasteiger partial charge >= 0.3 is 11.9 Å². The van der Waals surface area contributed by atoms with Gasteiger partial charge in [0, 0.05) is 25.7 Å². The number of hydrogen-bond donors (Lipinski definition) is 0. The summed E-state index contributed by atoms with van der Waals surface area (Å²) in [6.45, 7) is 6.94. The number of Topliss-reactive ketones (excluding diaryl/α,β-unsaturated/α-hetero) is 2. The number of halogens is 1. The molecule has 4 fully saturated rings. The first-order chi connectivity index (χ1) is 15.0. The van der Waals surface area contributed by atoms with Crippen LogP contribution >= 0.6 is 15.9 Å². The minimum Gasteiger partial charge on any atom is -0.463 e. The van der Waals surface area contributed by atoms with Crippen LogP contribution in [0.5, 0.6) is 0 Å². The molecular formula is C25H35BrO6. The van der Waals surface area contributed by atoms with Gasteiger partial charge in [-0.3, -0.25) is 19.2 Å². The number of carbonyl (C=O) groups is 4. The van der Waals surface area contributed by atoms with Crippen LogP contribution in [0.2, 0.25) is 0 Å². The van der Waals surface area contributed by atoms with Gasteiger partial charge in [-0.05, 0) is 73.5 Å². The van der Waals surface area contributed by atoms with Crippen LogP contribution in [-0.4, -0.2) is 41.0 Å². The van der Waals surface area contributed by atoms with Crippen LogP contribution < -0.4 is 0 Å². The molecule has 6 nitrogen and oxygen atoms in total. The van der Waals surface area contributed by atoms with Gasteiger partial charge in [0.15, 0.2) is 11.6 Å². The molecule has 0 aromatic heterocycles. The van der Waals surface area contributed by atoms with Crippen LogP contribution in [0.1, 0.15) is 72.6 Å². The maximum Gasteiger partial charge on any atom is 0.303 e. The van der Waals surface area contributed by atoms with Gasteiger partial charge in [-0.2, -0.15) is 0 Å². The lowest BCUT2D eigenvalue weighted by Crippen LogP contribution is -2.62. The molecule has 0 bridgehead atoms. The first kappa shape index (κ1) is 23.9.